The molecule has 4 heteroatoms. The second-order valence-corrected chi connectivity index (χ2v) is 60.7. The molecule has 4 aromatic rings. The normalized spacial score (nSPS) is 22.5. The van der Waals surface area contributed by atoms with Gasteiger partial charge in [-0.25, -0.2) is 0 Å². The average Bonchev–Trinajstić information content (AvgIpc) is 3.78. The molecule has 0 N–H and O–H groups in total. The van der Waals surface area contributed by atoms with Crippen molar-refractivity contribution in [2.45, 2.75) is 124 Å². The van der Waals surface area contributed by atoms with Crippen LogP contribution in [0.3, 0.4) is 0 Å². The first-order chi connectivity index (χ1) is 26.1. The standard InChI is InChI=1S/2C24H27.C2H7Si.2ClH.Zr/c2*1-2-24(14-7-4-8-15-24)18-19-16-21-12-9-13-22(23(21)17-19)20-10-5-3-6-11-20;1-3-2;;;/h2*3,5-6,9-13,16-17H,2,4,7-8,14-15,18H2,1H3;3H,1-2H3;2*1H;/q;;;;;+2/p-2. The van der Waals surface area contributed by atoms with E-state index in [9.17, 15) is 0 Å². The zero-order valence-corrected chi connectivity index (χ0v) is 38.4. The van der Waals surface area contributed by atoms with E-state index < -0.39 is 21.5 Å². The van der Waals surface area contributed by atoms with Gasteiger partial charge in [-0.2, -0.15) is 0 Å². The van der Waals surface area contributed by atoms with Crippen LogP contribution < -0.4 is 0 Å². The minimum atomic E-state index is -5.04. The molecule has 4 aromatic carbocycles. The fourth-order valence-electron chi connectivity index (χ4n) is 11.9. The van der Waals surface area contributed by atoms with Crippen LogP contribution >= 0.6 is 17.0 Å². The van der Waals surface area contributed by atoms with Gasteiger partial charge in [-0.05, 0) is 0 Å². The van der Waals surface area contributed by atoms with Gasteiger partial charge in [0, 0.05) is 0 Å². The molecule has 8 rings (SSSR count). The molecule has 0 bridgehead atoms. The number of fused-ring (bicyclic) bond motifs is 2. The van der Waals surface area contributed by atoms with Crippen LogP contribution in [-0.2, 0) is 15.6 Å². The second kappa shape index (κ2) is 15.4. The quantitative estimate of drug-likeness (QED) is 0.132. The van der Waals surface area contributed by atoms with E-state index >= 15 is 0 Å². The van der Waals surface area contributed by atoms with Crippen LogP contribution in [0.2, 0.25) is 13.1 Å². The van der Waals surface area contributed by atoms with E-state index in [2.05, 4.69) is 136 Å². The average molecular weight is 852 g/mol. The van der Waals surface area contributed by atoms with Crippen molar-refractivity contribution in [1.29, 1.82) is 0 Å². The number of hydrogen-bond donors (Lipinski definition) is 0. The van der Waals surface area contributed by atoms with E-state index in [4.69, 9.17) is 17.0 Å². The summed E-state index contributed by atoms with van der Waals surface area (Å²) in [6, 6.07) is 36.3. The predicted molar refractivity (Wildman–Crippen MR) is 237 cm³/mol. The molecule has 0 radical (unpaired) electrons. The van der Waals surface area contributed by atoms with E-state index in [0.29, 0.717) is 10.8 Å². The van der Waals surface area contributed by atoms with Crippen molar-refractivity contribution in [1.82, 2.24) is 0 Å². The van der Waals surface area contributed by atoms with Crippen molar-refractivity contribution in [2.75, 3.05) is 0 Å². The molecule has 54 heavy (non-hydrogen) atoms. The summed E-state index contributed by atoms with van der Waals surface area (Å²) in [5, 5.41) is 0. The molecule has 0 spiro atoms. The molecule has 0 heterocycles. The van der Waals surface area contributed by atoms with E-state index in [0.717, 1.165) is 12.8 Å². The van der Waals surface area contributed by atoms with Crippen molar-refractivity contribution in [2.24, 2.45) is 10.8 Å². The Morgan fingerprint density at radius 3 is 1.28 bits per heavy atom. The van der Waals surface area contributed by atoms with Crippen molar-refractivity contribution < 1.29 is 15.6 Å². The van der Waals surface area contributed by atoms with Crippen molar-refractivity contribution in [3.63, 3.8) is 0 Å². The Morgan fingerprint density at radius 2 is 0.926 bits per heavy atom. The fourth-order valence-corrected chi connectivity index (χ4v) is 43.2. The first kappa shape index (κ1) is 38.9. The summed E-state index contributed by atoms with van der Waals surface area (Å²) >= 11 is -5.04. The van der Waals surface area contributed by atoms with Crippen LogP contribution in [0.25, 0.3) is 34.4 Å². The van der Waals surface area contributed by atoms with Crippen LogP contribution in [0.5, 0.6) is 0 Å². The molecule has 0 aliphatic heterocycles. The van der Waals surface area contributed by atoms with Gasteiger partial charge in [0.05, 0.1) is 0 Å². The molecule has 4 aliphatic rings. The third kappa shape index (κ3) is 6.70. The number of allylic oxidation sites excluding steroid dienone is 2. The van der Waals surface area contributed by atoms with Crippen LogP contribution in [-0.4, -0.2) is 5.92 Å². The van der Waals surface area contributed by atoms with Crippen LogP contribution in [0.1, 0.15) is 133 Å². The fraction of sp³-hybridized carbons (Fsp3) is 0.440. The Balaban J connectivity index is 1.37. The number of benzene rings is 4. The minimum absolute atomic E-state index is 0.120. The third-order valence-corrected chi connectivity index (χ3v) is 67.0. The Kier molecular flexibility index (Phi) is 11.1. The maximum absolute atomic E-state index is 9.15. The van der Waals surface area contributed by atoms with Gasteiger partial charge in [-0.1, -0.05) is 0 Å². The molecule has 283 valence electrons. The molecule has 0 nitrogen and oxygen atoms in total. The summed E-state index contributed by atoms with van der Waals surface area (Å²) < 4.78 is 0.239. The Bertz CT molecular complexity index is 1890. The Labute approximate surface area is 335 Å². The number of halogens is 2. The molecule has 0 saturated heterocycles. The van der Waals surface area contributed by atoms with E-state index in [1.165, 1.54) is 122 Å². The summed E-state index contributed by atoms with van der Waals surface area (Å²) in [4.78, 5) is 0. The molecule has 2 saturated carbocycles. The summed E-state index contributed by atoms with van der Waals surface area (Å²) in [5.41, 5.74) is 14.7. The van der Waals surface area contributed by atoms with Crippen molar-refractivity contribution in [3.8, 4) is 22.3 Å². The zero-order valence-electron chi connectivity index (χ0n) is 33.3. The molecule has 2 atom stereocenters. The molecule has 4 aliphatic carbocycles. The molecular weight excluding hydrogens is 791 g/mol. The van der Waals surface area contributed by atoms with Gasteiger partial charge in [0.2, 0.25) is 0 Å². The van der Waals surface area contributed by atoms with Gasteiger partial charge in [-0.3, -0.25) is 0 Å². The van der Waals surface area contributed by atoms with Crippen molar-refractivity contribution in [3.05, 3.63) is 130 Å². The van der Waals surface area contributed by atoms with E-state index in [1.54, 1.807) is 11.1 Å². The van der Waals surface area contributed by atoms with Gasteiger partial charge in [-0.15, -0.1) is 0 Å². The summed E-state index contributed by atoms with van der Waals surface area (Å²) in [7, 11) is 18.3. The summed E-state index contributed by atoms with van der Waals surface area (Å²) in [6.45, 7) is 10.0. The Morgan fingerprint density at radius 1 is 0.537 bits per heavy atom. The maximum atomic E-state index is 9.15. The van der Waals surface area contributed by atoms with Crippen LogP contribution in [0.15, 0.2) is 108 Å². The second-order valence-electron chi connectivity index (χ2n) is 18.2. The van der Waals surface area contributed by atoms with Crippen molar-refractivity contribution >= 4 is 35.1 Å². The van der Waals surface area contributed by atoms with Gasteiger partial charge in [0.15, 0.2) is 0 Å². The topological polar surface area (TPSA) is 0 Å². The van der Waals surface area contributed by atoms with Crippen LogP contribution in [0.4, 0.5) is 0 Å². The molecule has 0 amide bonds. The molecule has 2 fully saturated rings. The number of rotatable bonds is 11. The third-order valence-electron chi connectivity index (χ3n) is 15.2. The van der Waals surface area contributed by atoms with Gasteiger partial charge < -0.3 is 0 Å². The first-order valence-corrected chi connectivity index (χ1v) is 37.8. The van der Waals surface area contributed by atoms with Gasteiger partial charge in [0.1, 0.15) is 0 Å². The van der Waals surface area contributed by atoms with Gasteiger partial charge in [0.25, 0.3) is 0 Å². The van der Waals surface area contributed by atoms with E-state index in [1.807, 2.05) is 0 Å². The zero-order chi connectivity index (χ0) is 37.6. The molecular formula is C50H61Cl2SiZr. The van der Waals surface area contributed by atoms with Gasteiger partial charge >= 0.3 is 338 Å². The number of hydrogen-bond acceptors (Lipinski definition) is 0. The SMILES string of the molecule is CCC1(CC2=Cc3c(-c4ccccc4)cccc3[CH]2[Zr]([Cl])([Cl])([CH]2C(CC3(CC)CCCCC3)=Cc3c(-c4ccccc4)cccc32)[SiH](C)C)CCCCC1. The van der Waals surface area contributed by atoms with Crippen LogP contribution in [0, 0.1) is 10.8 Å². The summed E-state index contributed by atoms with van der Waals surface area (Å²) in [5.74, 6) is -1.71. The predicted octanol–water partition coefficient (Wildman–Crippen LogP) is 16.1. The monoisotopic (exact) mass is 849 g/mol. The van der Waals surface area contributed by atoms with E-state index in [-0.39, 0.29) is 7.25 Å². The molecule has 0 aromatic heterocycles. The summed E-state index contributed by atoms with van der Waals surface area (Å²) in [6.07, 6.45) is 23.4. The first-order valence-electron chi connectivity index (χ1n) is 21.5. The molecule has 2 unspecified atom stereocenters. The Hall–Kier alpha value is -1.96.